The molecule has 0 aromatic heterocycles. The summed E-state index contributed by atoms with van der Waals surface area (Å²) in [5.74, 6) is 0.815. The van der Waals surface area contributed by atoms with Gasteiger partial charge in [0, 0.05) is 6.04 Å². The first-order valence-electron chi connectivity index (χ1n) is 7.29. The predicted octanol–water partition coefficient (Wildman–Crippen LogP) is 3.19. The maximum Gasteiger partial charge on any atom is 0.180 e. The summed E-state index contributed by atoms with van der Waals surface area (Å²) in [7, 11) is 0. The Morgan fingerprint density at radius 1 is 1.26 bits per heavy atom. The Morgan fingerprint density at radius 2 is 2.00 bits per heavy atom. The predicted molar refractivity (Wildman–Crippen MR) is 76.8 cm³/mol. The van der Waals surface area contributed by atoms with Crippen LogP contribution in [0, 0.1) is 0 Å². The summed E-state index contributed by atoms with van der Waals surface area (Å²) in [5.41, 5.74) is 0.688. The second-order valence-electron chi connectivity index (χ2n) is 5.07. The van der Waals surface area contributed by atoms with Crippen LogP contribution in [0.2, 0.25) is 0 Å². The SMILES string of the molecule is CCOc1ccccc1C(=O)CNC1CCCCC1. The molecule has 0 atom stereocenters. The van der Waals surface area contributed by atoms with Crippen molar-refractivity contribution in [2.45, 2.75) is 45.1 Å². The molecule has 19 heavy (non-hydrogen) atoms. The minimum Gasteiger partial charge on any atom is -0.493 e. The number of nitrogens with one attached hydrogen (secondary N) is 1. The normalized spacial score (nSPS) is 16.3. The fourth-order valence-corrected chi connectivity index (χ4v) is 2.62. The molecule has 104 valence electrons. The van der Waals surface area contributed by atoms with Gasteiger partial charge in [-0.3, -0.25) is 4.79 Å². The largest absolute Gasteiger partial charge is 0.493 e. The molecule has 1 N–H and O–H groups in total. The van der Waals surface area contributed by atoms with Gasteiger partial charge in [0.1, 0.15) is 5.75 Å². The van der Waals surface area contributed by atoms with Gasteiger partial charge in [0.25, 0.3) is 0 Å². The maximum absolute atomic E-state index is 12.2. The number of carbonyl (C=O) groups is 1. The molecule has 0 saturated heterocycles. The van der Waals surface area contributed by atoms with Crippen molar-refractivity contribution in [3.63, 3.8) is 0 Å². The first kappa shape index (κ1) is 14.1. The standard InChI is InChI=1S/C16H23NO2/c1-2-19-16-11-7-6-10-14(16)15(18)12-17-13-8-4-3-5-9-13/h6-7,10-11,13,17H,2-5,8-9,12H2,1H3. The Labute approximate surface area is 115 Å². The Balaban J connectivity index is 1.91. The van der Waals surface area contributed by atoms with E-state index >= 15 is 0 Å². The summed E-state index contributed by atoms with van der Waals surface area (Å²) in [6.07, 6.45) is 6.28. The molecule has 1 aromatic rings. The third-order valence-corrected chi connectivity index (χ3v) is 3.64. The highest BCUT2D eigenvalue weighted by Crippen LogP contribution is 2.20. The zero-order chi connectivity index (χ0) is 13.5. The molecule has 0 aliphatic heterocycles. The van der Waals surface area contributed by atoms with Crippen LogP contribution in [-0.4, -0.2) is 25.0 Å². The van der Waals surface area contributed by atoms with Gasteiger partial charge < -0.3 is 10.1 Å². The van der Waals surface area contributed by atoms with Crippen LogP contribution in [0.25, 0.3) is 0 Å². The second kappa shape index (κ2) is 7.29. The molecule has 0 amide bonds. The van der Waals surface area contributed by atoms with Gasteiger partial charge in [-0.05, 0) is 31.9 Å². The van der Waals surface area contributed by atoms with Crippen molar-refractivity contribution in [2.75, 3.05) is 13.2 Å². The lowest BCUT2D eigenvalue weighted by molar-refractivity contribution is 0.0981. The molecule has 1 aromatic carbocycles. The highest BCUT2D eigenvalue weighted by molar-refractivity contribution is 6.00. The molecule has 3 heteroatoms. The van der Waals surface area contributed by atoms with Gasteiger partial charge in [-0.15, -0.1) is 0 Å². The lowest BCUT2D eigenvalue weighted by atomic mass is 9.95. The van der Waals surface area contributed by atoms with Crippen molar-refractivity contribution < 1.29 is 9.53 Å². The van der Waals surface area contributed by atoms with E-state index in [1.165, 1.54) is 32.1 Å². The van der Waals surface area contributed by atoms with E-state index < -0.39 is 0 Å². The Bertz CT molecular complexity index is 411. The van der Waals surface area contributed by atoms with Gasteiger partial charge >= 0.3 is 0 Å². The van der Waals surface area contributed by atoms with Gasteiger partial charge in [-0.1, -0.05) is 31.4 Å². The van der Waals surface area contributed by atoms with E-state index in [-0.39, 0.29) is 5.78 Å². The van der Waals surface area contributed by atoms with Crippen LogP contribution in [0.3, 0.4) is 0 Å². The van der Waals surface area contributed by atoms with Gasteiger partial charge in [0.15, 0.2) is 5.78 Å². The van der Waals surface area contributed by atoms with Crippen LogP contribution in [-0.2, 0) is 0 Å². The molecule has 2 rings (SSSR count). The average Bonchev–Trinajstić information content (AvgIpc) is 2.47. The number of ether oxygens (including phenoxy) is 1. The fraction of sp³-hybridized carbons (Fsp3) is 0.562. The van der Waals surface area contributed by atoms with E-state index in [9.17, 15) is 4.79 Å². The molecule has 0 spiro atoms. The molecular formula is C16H23NO2. The second-order valence-corrected chi connectivity index (χ2v) is 5.07. The first-order chi connectivity index (χ1) is 9.31. The summed E-state index contributed by atoms with van der Waals surface area (Å²) in [6, 6.07) is 8.00. The Morgan fingerprint density at radius 3 is 2.74 bits per heavy atom. The molecule has 0 bridgehead atoms. The van der Waals surface area contributed by atoms with Crippen molar-refractivity contribution in [3.8, 4) is 5.75 Å². The summed E-state index contributed by atoms with van der Waals surface area (Å²) in [5, 5.41) is 3.38. The number of carbonyl (C=O) groups excluding carboxylic acids is 1. The van der Waals surface area contributed by atoms with Crippen molar-refractivity contribution in [3.05, 3.63) is 29.8 Å². The van der Waals surface area contributed by atoms with Crippen LogP contribution >= 0.6 is 0 Å². The minimum atomic E-state index is 0.120. The third kappa shape index (κ3) is 4.06. The molecule has 1 saturated carbocycles. The molecule has 0 radical (unpaired) electrons. The maximum atomic E-state index is 12.2. The third-order valence-electron chi connectivity index (χ3n) is 3.64. The lowest BCUT2D eigenvalue weighted by Gasteiger charge is -2.22. The Kier molecular flexibility index (Phi) is 5.40. The van der Waals surface area contributed by atoms with Gasteiger partial charge in [0.2, 0.25) is 0 Å². The van der Waals surface area contributed by atoms with E-state index in [0.29, 0.717) is 30.5 Å². The van der Waals surface area contributed by atoms with E-state index in [0.717, 1.165) is 0 Å². The van der Waals surface area contributed by atoms with E-state index in [1.54, 1.807) is 0 Å². The van der Waals surface area contributed by atoms with Crippen molar-refractivity contribution >= 4 is 5.78 Å². The van der Waals surface area contributed by atoms with Crippen molar-refractivity contribution in [2.24, 2.45) is 0 Å². The van der Waals surface area contributed by atoms with E-state index in [2.05, 4.69) is 5.32 Å². The fourth-order valence-electron chi connectivity index (χ4n) is 2.62. The molecule has 1 aliphatic rings. The smallest absolute Gasteiger partial charge is 0.180 e. The quantitative estimate of drug-likeness (QED) is 0.799. The van der Waals surface area contributed by atoms with Crippen LogP contribution < -0.4 is 10.1 Å². The monoisotopic (exact) mass is 261 g/mol. The Hall–Kier alpha value is -1.35. The summed E-state index contributed by atoms with van der Waals surface area (Å²) < 4.78 is 5.50. The highest BCUT2D eigenvalue weighted by atomic mass is 16.5. The first-order valence-corrected chi connectivity index (χ1v) is 7.29. The number of hydrogen-bond acceptors (Lipinski definition) is 3. The topological polar surface area (TPSA) is 38.3 Å². The molecule has 3 nitrogen and oxygen atoms in total. The van der Waals surface area contributed by atoms with Crippen LogP contribution in [0.15, 0.2) is 24.3 Å². The molecule has 1 fully saturated rings. The van der Waals surface area contributed by atoms with Gasteiger partial charge in [-0.2, -0.15) is 0 Å². The number of ketones is 1. The lowest BCUT2D eigenvalue weighted by Crippen LogP contribution is -2.35. The summed E-state index contributed by atoms with van der Waals surface area (Å²) in [6.45, 7) is 2.93. The summed E-state index contributed by atoms with van der Waals surface area (Å²) >= 11 is 0. The van der Waals surface area contributed by atoms with Gasteiger partial charge in [0.05, 0.1) is 18.7 Å². The number of Topliss-reactive ketones (excluding diaryl/α,β-unsaturated/α-hetero) is 1. The molecule has 1 aliphatic carbocycles. The zero-order valence-corrected chi connectivity index (χ0v) is 11.7. The van der Waals surface area contributed by atoms with Gasteiger partial charge in [-0.25, -0.2) is 0 Å². The van der Waals surface area contributed by atoms with Crippen molar-refractivity contribution in [1.82, 2.24) is 5.32 Å². The zero-order valence-electron chi connectivity index (χ0n) is 11.7. The van der Waals surface area contributed by atoms with Crippen molar-refractivity contribution in [1.29, 1.82) is 0 Å². The highest BCUT2D eigenvalue weighted by Gasteiger charge is 2.16. The van der Waals surface area contributed by atoms with Crippen LogP contribution in [0.1, 0.15) is 49.4 Å². The van der Waals surface area contributed by atoms with Crippen LogP contribution in [0.4, 0.5) is 0 Å². The minimum absolute atomic E-state index is 0.120. The van der Waals surface area contributed by atoms with E-state index in [1.807, 2.05) is 31.2 Å². The number of rotatable bonds is 6. The molecule has 0 heterocycles. The average molecular weight is 261 g/mol. The molecular weight excluding hydrogens is 238 g/mol. The molecule has 0 unspecified atom stereocenters. The van der Waals surface area contributed by atoms with E-state index in [4.69, 9.17) is 4.74 Å². The number of hydrogen-bond donors (Lipinski definition) is 1. The number of para-hydroxylation sites is 1. The van der Waals surface area contributed by atoms with Crippen LogP contribution in [0.5, 0.6) is 5.75 Å². The summed E-state index contributed by atoms with van der Waals surface area (Å²) in [4.78, 5) is 12.2. The number of benzene rings is 1.